The Morgan fingerprint density at radius 1 is 0.314 bits per heavy atom. The summed E-state index contributed by atoms with van der Waals surface area (Å²) in [6.45, 7) is -9.81. The minimum atomic E-state index is -4.91. The maximum absolute atomic E-state index is 18.3. The molecule has 102 heavy (non-hydrogen) atoms. The molecule has 4 atom stereocenters. The number of fused-ring (bicyclic) bond motifs is 7. The van der Waals surface area contributed by atoms with Gasteiger partial charge in [0.2, 0.25) is 0 Å². The van der Waals surface area contributed by atoms with Crippen LogP contribution in [0.5, 0.6) is 0 Å². The van der Waals surface area contributed by atoms with E-state index >= 15 is 17.3 Å². The first kappa shape index (κ1) is 64.7. The number of pyridine rings is 2. The van der Waals surface area contributed by atoms with E-state index in [2.05, 4.69) is 0 Å². The Bertz CT molecular complexity index is 5110. The molecule has 2 saturated heterocycles. The van der Waals surface area contributed by atoms with Crippen LogP contribution < -0.4 is 18.8 Å². The fraction of sp³-hybridized carbons (Fsp3) is 0.0500. The number of rotatable bonds is 14. The molecule has 6 heterocycles. The summed E-state index contributed by atoms with van der Waals surface area (Å²) in [6.07, 6.45) is 2.38. The van der Waals surface area contributed by atoms with E-state index in [9.17, 15) is 42.1 Å². The Hall–Kier alpha value is -14.7. The third-order valence-corrected chi connectivity index (χ3v) is 18.7. The molecule has 4 unspecified atom stereocenters. The fourth-order valence-corrected chi connectivity index (χ4v) is 14.4. The number of hydrogen-bond donors (Lipinski definition) is 0. The molecule has 2 aromatic heterocycles. The van der Waals surface area contributed by atoms with Crippen molar-refractivity contribution in [3.63, 3.8) is 0 Å². The van der Waals surface area contributed by atoms with Crippen LogP contribution in [-0.2, 0) is 0 Å². The number of hydrogen-bond acceptors (Lipinski definition) is 14. The van der Waals surface area contributed by atoms with E-state index in [-0.39, 0.29) is 79.0 Å². The van der Waals surface area contributed by atoms with E-state index in [0.29, 0.717) is 11.4 Å². The lowest BCUT2D eigenvalue weighted by Crippen LogP contribution is -2.74. The van der Waals surface area contributed by atoms with Crippen LogP contribution in [0.1, 0.15) is 45.5 Å². The standard InChI is InChI=1S/C80H48B2F4N16/c83-81(84)97-43-15-13-26-70(97)96-80-76-75(77(101(80)81)57-31-27-53(28-32-57)71(59(45-87)46-88)73(61(49-91)50-92)55-35-39-67(40-36-55)99(63-17-5-1-6-18-63)64-19-7-2-8-20-64)79-95-69-25-14-16-44-98(69)82(85,86)102(79)78(76)58-33-29-54(30-34-58)72(60(47-89)48-90)74(62(51-93)52-94)56-37-41-68(42-38-56)100(65-21-9-3-10-22-65)66-23-11-4-12-24-66/h1-44,75-78H. The molecule has 0 aliphatic carbocycles. The van der Waals surface area contributed by atoms with Gasteiger partial charge >= 0.3 is 13.9 Å². The van der Waals surface area contributed by atoms with Crippen molar-refractivity contribution in [1.29, 1.82) is 42.1 Å². The van der Waals surface area contributed by atoms with Gasteiger partial charge in [0.25, 0.3) is 11.6 Å². The lowest BCUT2D eigenvalue weighted by atomic mass is 9.81. The predicted octanol–water partition coefficient (Wildman–Crippen LogP) is 16.4. The van der Waals surface area contributed by atoms with Crippen molar-refractivity contribution < 1.29 is 26.2 Å². The topological polar surface area (TPSA) is 236 Å². The number of allylic oxidation sites excluding steroid dienone is 8. The molecule has 16 nitrogen and oxygen atoms in total. The van der Waals surface area contributed by atoms with Gasteiger partial charge in [0.05, 0.1) is 11.8 Å². The molecule has 14 rings (SSSR count). The Kier molecular flexibility index (Phi) is 16.9. The second kappa shape index (κ2) is 26.7. The summed E-state index contributed by atoms with van der Waals surface area (Å²) in [4.78, 5) is 15.6. The second-order valence-electron chi connectivity index (χ2n) is 24.0. The molecule has 10 aromatic rings. The van der Waals surface area contributed by atoms with E-state index in [1.165, 1.54) is 97.3 Å². The van der Waals surface area contributed by atoms with E-state index in [1.54, 1.807) is 48.5 Å². The van der Waals surface area contributed by atoms with Crippen LogP contribution in [-0.4, -0.2) is 35.2 Å². The van der Waals surface area contributed by atoms with Crippen molar-refractivity contribution in [2.45, 2.75) is 12.1 Å². The van der Waals surface area contributed by atoms with Crippen LogP contribution >= 0.6 is 0 Å². The first-order valence-electron chi connectivity index (χ1n) is 32.0. The highest BCUT2D eigenvalue weighted by atomic mass is 19.3. The number of aromatic nitrogens is 2. The monoisotopic (exact) mass is 1330 g/mol. The van der Waals surface area contributed by atoms with E-state index < -0.39 is 60.2 Å². The van der Waals surface area contributed by atoms with Crippen LogP contribution in [0.4, 0.5) is 63.0 Å². The molecule has 22 heteroatoms. The SMILES string of the molecule is N#CC(C#N)=C(C(=C(C#N)C#N)c1ccc(N(c2ccccc2)c2ccccc2)cc1)c1ccc(C2C3C4=Nc5cccc[n+]5[B-](F)(F)N4C(c4ccc(C(=C(C#N)C#N)C(=C(C#N)C#N)c5ccc(N(c6ccccc6)c6ccccc6)cc5)cc4)C3C3=Nc4cccc[n+]4[B-](F)(F)N32)cc1. The van der Waals surface area contributed by atoms with Gasteiger partial charge in [-0.05, 0) is 128 Å². The normalized spacial score (nSPS) is 16.4. The maximum atomic E-state index is 18.3. The zero-order valence-electron chi connectivity index (χ0n) is 53.5. The molecule has 0 amide bonds. The quantitative estimate of drug-likeness (QED) is 0.0428. The molecule has 4 aliphatic rings. The summed E-state index contributed by atoms with van der Waals surface area (Å²) in [5.41, 5.74) is 3.52. The Morgan fingerprint density at radius 2 is 0.549 bits per heavy atom. The summed E-state index contributed by atoms with van der Waals surface area (Å²) in [5.74, 6) is -3.51. The maximum Gasteiger partial charge on any atom is 0.637 e. The number of aliphatic imine (C=N–C) groups is 2. The summed E-state index contributed by atoms with van der Waals surface area (Å²) < 4.78 is 74.8. The zero-order valence-corrected chi connectivity index (χ0v) is 53.5. The second-order valence-corrected chi connectivity index (χ2v) is 24.0. The highest BCUT2D eigenvalue weighted by Crippen LogP contribution is 2.60. The molecule has 8 aromatic carbocycles. The minimum absolute atomic E-state index is 0.0687. The van der Waals surface area contributed by atoms with Gasteiger partial charge in [0.1, 0.15) is 70.8 Å². The van der Waals surface area contributed by atoms with Gasteiger partial charge in [-0.15, -0.1) is 0 Å². The summed E-state index contributed by atoms with van der Waals surface area (Å²) in [5, 5.41) is 85.5. The fourth-order valence-electron chi connectivity index (χ4n) is 14.4. The summed E-state index contributed by atoms with van der Waals surface area (Å²) in [7, 11) is 0. The van der Waals surface area contributed by atoms with Crippen LogP contribution in [0.15, 0.2) is 299 Å². The molecule has 4 aliphatic heterocycles. The van der Waals surface area contributed by atoms with Gasteiger partial charge in [-0.2, -0.15) is 42.1 Å². The predicted molar refractivity (Wildman–Crippen MR) is 378 cm³/mol. The molecule has 0 N–H and O–H groups in total. The van der Waals surface area contributed by atoms with Crippen molar-refractivity contribution >= 4 is 93.7 Å². The Morgan fingerprint density at radius 3 is 0.804 bits per heavy atom. The van der Waals surface area contributed by atoms with Crippen molar-refractivity contribution in [3.8, 4) is 48.6 Å². The zero-order chi connectivity index (χ0) is 70.8. The molecule has 2 fully saturated rings. The first-order chi connectivity index (χ1) is 49.8. The highest BCUT2D eigenvalue weighted by Gasteiger charge is 2.72. The highest BCUT2D eigenvalue weighted by molar-refractivity contribution is 6.60. The van der Waals surface area contributed by atoms with E-state index in [1.807, 2.05) is 180 Å². The van der Waals surface area contributed by atoms with Crippen molar-refractivity contribution in [1.82, 2.24) is 9.62 Å². The first-order valence-corrected chi connectivity index (χ1v) is 32.0. The third kappa shape index (κ3) is 11.0. The third-order valence-electron chi connectivity index (χ3n) is 18.7. The number of nitrogens with zero attached hydrogens (tertiary/aromatic N) is 16. The lowest BCUT2D eigenvalue weighted by molar-refractivity contribution is -0.562. The minimum Gasteiger partial charge on any atom is -0.415 e. The Balaban J connectivity index is 0.899. The van der Waals surface area contributed by atoms with Gasteiger partial charge < -0.3 is 45.6 Å². The summed E-state index contributed by atoms with van der Waals surface area (Å²) >= 11 is 0. The van der Waals surface area contributed by atoms with Gasteiger partial charge in [0, 0.05) is 93.0 Å². The number of anilines is 6. The average molecular weight is 1330 g/mol. The molecule has 0 spiro atoms. The largest absolute Gasteiger partial charge is 0.637 e. The van der Waals surface area contributed by atoms with Gasteiger partial charge in [-0.25, -0.2) is 0 Å². The van der Waals surface area contributed by atoms with Crippen LogP contribution in [0.25, 0.3) is 22.3 Å². The molecular formula is C80H48B2F4N16. The van der Waals surface area contributed by atoms with Gasteiger partial charge in [0.15, 0.2) is 11.7 Å². The van der Waals surface area contributed by atoms with Crippen LogP contribution in [0, 0.1) is 102 Å². The number of nitriles is 8. The summed E-state index contributed by atoms with van der Waals surface area (Å²) in [6, 6.07) is 84.9. The van der Waals surface area contributed by atoms with E-state index in [4.69, 9.17) is 9.98 Å². The van der Waals surface area contributed by atoms with Crippen molar-refractivity contribution in [3.05, 3.63) is 323 Å². The molecular weight excluding hydrogens is 1280 g/mol. The Labute approximate surface area is 583 Å². The smallest absolute Gasteiger partial charge is 0.415 e. The molecule has 0 radical (unpaired) electrons. The van der Waals surface area contributed by atoms with Crippen LogP contribution in [0.2, 0.25) is 0 Å². The van der Waals surface area contributed by atoms with Crippen molar-refractivity contribution in [2.24, 2.45) is 21.8 Å². The lowest BCUT2D eigenvalue weighted by Gasteiger charge is -2.45. The van der Waals surface area contributed by atoms with Gasteiger partial charge in [-0.3, -0.25) is 0 Å². The number of amidine groups is 2. The van der Waals surface area contributed by atoms with Gasteiger partial charge in [-0.1, -0.05) is 158 Å². The molecule has 0 bridgehead atoms. The molecule has 482 valence electrons. The number of para-hydroxylation sites is 4. The number of halogens is 4. The number of benzene rings is 8. The molecule has 0 saturated carbocycles. The van der Waals surface area contributed by atoms with E-state index in [0.717, 1.165) is 41.3 Å². The van der Waals surface area contributed by atoms with Crippen molar-refractivity contribution in [2.75, 3.05) is 9.80 Å². The van der Waals surface area contributed by atoms with Crippen LogP contribution in [0.3, 0.4) is 0 Å². The average Bonchev–Trinajstić information content (AvgIpc) is 1.51.